The SMILES string of the molecule is Cc1ccccc1OCCOC(=O)c1ccc(CCNS(C)(=O)=O)cc1. The highest BCUT2D eigenvalue weighted by Crippen LogP contribution is 2.15. The van der Waals surface area contributed by atoms with Gasteiger partial charge in [-0.25, -0.2) is 17.9 Å². The van der Waals surface area contributed by atoms with Crippen molar-refractivity contribution in [2.24, 2.45) is 0 Å². The Morgan fingerprint density at radius 1 is 1.04 bits per heavy atom. The largest absolute Gasteiger partial charge is 0.490 e. The lowest BCUT2D eigenvalue weighted by atomic mass is 10.1. The van der Waals surface area contributed by atoms with Crippen molar-refractivity contribution in [2.75, 3.05) is 26.0 Å². The molecule has 2 aromatic rings. The number of carbonyl (C=O) groups is 1. The first-order valence-corrected chi connectivity index (χ1v) is 10.1. The fraction of sp³-hybridized carbons (Fsp3) is 0.316. The molecule has 0 fully saturated rings. The third-order valence-electron chi connectivity index (χ3n) is 3.64. The highest BCUT2D eigenvalue weighted by Gasteiger charge is 2.08. The molecule has 0 radical (unpaired) electrons. The zero-order valence-electron chi connectivity index (χ0n) is 14.9. The molecule has 0 aliphatic rings. The van der Waals surface area contributed by atoms with Crippen LogP contribution in [0.25, 0.3) is 0 Å². The fourth-order valence-corrected chi connectivity index (χ4v) is 2.75. The van der Waals surface area contributed by atoms with Crippen LogP contribution in [-0.2, 0) is 21.2 Å². The van der Waals surface area contributed by atoms with Crippen LogP contribution in [0.15, 0.2) is 48.5 Å². The summed E-state index contributed by atoms with van der Waals surface area (Å²) in [7, 11) is -3.19. The van der Waals surface area contributed by atoms with Gasteiger partial charge in [-0.3, -0.25) is 0 Å². The Balaban J connectivity index is 1.74. The minimum atomic E-state index is -3.19. The van der Waals surface area contributed by atoms with Gasteiger partial charge < -0.3 is 9.47 Å². The van der Waals surface area contributed by atoms with Gasteiger partial charge in [0.15, 0.2) is 0 Å². The number of aryl methyl sites for hydroxylation is 1. The minimum absolute atomic E-state index is 0.160. The third kappa shape index (κ3) is 6.85. The Kier molecular flexibility index (Phi) is 7.17. The number of nitrogens with one attached hydrogen (secondary N) is 1. The van der Waals surface area contributed by atoms with E-state index in [4.69, 9.17) is 9.47 Å². The van der Waals surface area contributed by atoms with Gasteiger partial charge in [-0.05, 0) is 42.7 Å². The van der Waals surface area contributed by atoms with E-state index in [0.717, 1.165) is 23.1 Å². The van der Waals surface area contributed by atoms with Gasteiger partial charge in [-0.2, -0.15) is 0 Å². The van der Waals surface area contributed by atoms with Crippen molar-refractivity contribution in [1.29, 1.82) is 0 Å². The standard InChI is InChI=1S/C19H23NO5S/c1-15-5-3-4-6-18(15)24-13-14-25-19(21)17-9-7-16(8-10-17)11-12-20-26(2,22)23/h3-10,20H,11-14H2,1-2H3. The zero-order chi connectivity index (χ0) is 19.0. The van der Waals surface area contributed by atoms with E-state index in [2.05, 4.69) is 4.72 Å². The number of hydrogen-bond acceptors (Lipinski definition) is 5. The summed E-state index contributed by atoms with van der Waals surface area (Å²) in [6, 6.07) is 14.5. The summed E-state index contributed by atoms with van der Waals surface area (Å²) in [5, 5.41) is 0. The van der Waals surface area contributed by atoms with E-state index in [0.29, 0.717) is 18.5 Å². The second-order valence-electron chi connectivity index (χ2n) is 5.86. The van der Waals surface area contributed by atoms with Gasteiger partial charge in [-0.1, -0.05) is 30.3 Å². The van der Waals surface area contributed by atoms with Crippen LogP contribution in [0.1, 0.15) is 21.5 Å². The summed E-state index contributed by atoms with van der Waals surface area (Å²) < 4.78 is 35.2. The van der Waals surface area contributed by atoms with E-state index in [-0.39, 0.29) is 13.2 Å². The first-order chi connectivity index (χ1) is 12.3. The van der Waals surface area contributed by atoms with E-state index in [1.807, 2.05) is 31.2 Å². The van der Waals surface area contributed by atoms with Crippen molar-refractivity contribution in [2.45, 2.75) is 13.3 Å². The van der Waals surface area contributed by atoms with Crippen molar-refractivity contribution in [1.82, 2.24) is 4.72 Å². The van der Waals surface area contributed by atoms with Crippen LogP contribution >= 0.6 is 0 Å². The van der Waals surface area contributed by atoms with Crippen LogP contribution in [0.3, 0.4) is 0 Å². The van der Waals surface area contributed by atoms with Gasteiger partial charge in [0.1, 0.15) is 19.0 Å². The molecule has 1 N–H and O–H groups in total. The van der Waals surface area contributed by atoms with Crippen molar-refractivity contribution >= 4 is 16.0 Å². The molecule has 0 atom stereocenters. The lowest BCUT2D eigenvalue weighted by Gasteiger charge is -2.09. The predicted octanol–water partition coefficient (Wildman–Crippen LogP) is 2.32. The van der Waals surface area contributed by atoms with Gasteiger partial charge in [0.05, 0.1) is 11.8 Å². The molecule has 2 rings (SSSR count). The van der Waals surface area contributed by atoms with Crippen molar-refractivity contribution in [3.05, 3.63) is 65.2 Å². The number of ether oxygens (including phenoxy) is 2. The van der Waals surface area contributed by atoms with Crippen molar-refractivity contribution in [3.8, 4) is 5.75 Å². The van der Waals surface area contributed by atoms with Gasteiger partial charge in [0, 0.05) is 6.54 Å². The normalized spacial score (nSPS) is 11.2. The Bertz CT molecular complexity index is 831. The molecule has 7 heteroatoms. The summed E-state index contributed by atoms with van der Waals surface area (Å²) in [6.45, 7) is 2.71. The second-order valence-corrected chi connectivity index (χ2v) is 7.70. The molecule has 0 bridgehead atoms. The van der Waals surface area contributed by atoms with E-state index >= 15 is 0 Å². The summed E-state index contributed by atoms with van der Waals surface area (Å²) in [5.41, 5.74) is 2.40. The number of para-hydroxylation sites is 1. The smallest absolute Gasteiger partial charge is 0.338 e. The number of carbonyl (C=O) groups excluding carboxylic acids is 1. The number of hydrogen-bond donors (Lipinski definition) is 1. The molecule has 0 heterocycles. The van der Waals surface area contributed by atoms with Crippen molar-refractivity contribution < 1.29 is 22.7 Å². The Morgan fingerprint density at radius 3 is 2.38 bits per heavy atom. The highest BCUT2D eigenvalue weighted by molar-refractivity contribution is 7.88. The molecular formula is C19H23NO5S. The van der Waals surface area contributed by atoms with Crippen molar-refractivity contribution in [3.63, 3.8) is 0 Å². The summed E-state index contributed by atoms with van der Waals surface area (Å²) in [6.07, 6.45) is 1.67. The van der Waals surface area contributed by atoms with E-state index in [1.54, 1.807) is 24.3 Å². The van der Waals surface area contributed by atoms with Gasteiger partial charge in [-0.15, -0.1) is 0 Å². The van der Waals surface area contributed by atoms with Crippen LogP contribution in [0.2, 0.25) is 0 Å². The monoisotopic (exact) mass is 377 g/mol. The highest BCUT2D eigenvalue weighted by atomic mass is 32.2. The average molecular weight is 377 g/mol. The molecule has 0 aliphatic heterocycles. The first-order valence-electron chi connectivity index (χ1n) is 8.24. The molecule has 0 saturated carbocycles. The Hall–Kier alpha value is -2.38. The maximum Gasteiger partial charge on any atom is 0.338 e. The van der Waals surface area contributed by atoms with E-state index in [9.17, 15) is 13.2 Å². The topological polar surface area (TPSA) is 81.7 Å². The maximum atomic E-state index is 12.0. The number of esters is 1. The zero-order valence-corrected chi connectivity index (χ0v) is 15.7. The predicted molar refractivity (Wildman–Crippen MR) is 99.9 cm³/mol. The average Bonchev–Trinajstić information content (AvgIpc) is 2.59. The van der Waals surface area contributed by atoms with Crippen LogP contribution in [-0.4, -0.2) is 40.4 Å². The molecule has 0 saturated heterocycles. The van der Waals surface area contributed by atoms with Gasteiger partial charge >= 0.3 is 5.97 Å². The molecule has 2 aromatic carbocycles. The molecule has 0 amide bonds. The minimum Gasteiger partial charge on any atom is -0.490 e. The fourth-order valence-electron chi connectivity index (χ4n) is 2.28. The maximum absolute atomic E-state index is 12.0. The molecule has 26 heavy (non-hydrogen) atoms. The summed E-state index contributed by atoms with van der Waals surface area (Å²) in [4.78, 5) is 12.0. The van der Waals surface area contributed by atoms with Gasteiger partial charge in [0.2, 0.25) is 10.0 Å². The van der Waals surface area contributed by atoms with Crippen LogP contribution in [0.4, 0.5) is 0 Å². The Morgan fingerprint density at radius 2 is 1.73 bits per heavy atom. The van der Waals surface area contributed by atoms with Crippen LogP contribution in [0, 0.1) is 6.92 Å². The molecule has 140 valence electrons. The molecular weight excluding hydrogens is 354 g/mol. The molecule has 0 aromatic heterocycles. The van der Waals surface area contributed by atoms with Gasteiger partial charge in [0.25, 0.3) is 0 Å². The summed E-state index contributed by atoms with van der Waals surface area (Å²) in [5.74, 6) is 0.356. The molecule has 6 nitrogen and oxygen atoms in total. The third-order valence-corrected chi connectivity index (χ3v) is 4.36. The van der Waals surface area contributed by atoms with E-state index in [1.165, 1.54) is 0 Å². The number of rotatable bonds is 9. The first kappa shape index (κ1) is 19.9. The molecule has 0 spiro atoms. The second kappa shape index (κ2) is 9.35. The summed E-state index contributed by atoms with van der Waals surface area (Å²) >= 11 is 0. The quantitative estimate of drug-likeness (QED) is 0.536. The molecule has 0 aliphatic carbocycles. The van der Waals surface area contributed by atoms with E-state index < -0.39 is 16.0 Å². The lowest BCUT2D eigenvalue weighted by molar-refractivity contribution is 0.0450. The number of sulfonamides is 1. The number of benzene rings is 2. The molecule has 0 unspecified atom stereocenters. The van der Waals surface area contributed by atoms with Crippen LogP contribution in [0.5, 0.6) is 5.75 Å². The lowest BCUT2D eigenvalue weighted by Crippen LogP contribution is -2.24. The Labute approximate surface area is 154 Å². The van der Waals surface area contributed by atoms with Crippen LogP contribution < -0.4 is 9.46 Å².